The largest absolute Gasteiger partial charge is 0.377 e. The Balaban J connectivity index is 2.55. The van der Waals surface area contributed by atoms with Crippen molar-refractivity contribution in [2.75, 3.05) is 46.9 Å². The molecule has 0 amide bonds. The topological polar surface area (TPSA) is 61.9 Å². The van der Waals surface area contributed by atoms with Crippen LogP contribution in [0.1, 0.15) is 26.2 Å². The first-order chi connectivity index (χ1) is 9.02. The normalized spacial score (nSPS) is 22.0. The van der Waals surface area contributed by atoms with E-state index in [0.717, 1.165) is 25.8 Å². The molecule has 0 bridgehead atoms. The molecule has 0 saturated carbocycles. The second-order valence-electron chi connectivity index (χ2n) is 4.86. The van der Waals surface area contributed by atoms with Crippen molar-refractivity contribution in [3.63, 3.8) is 0 Å². The molecule has 0 aliphatic carbocycles. The third-order valence-electron chi connectivity index (χ3n) is 3.36. The fourth-order valence-electron chi connectivity index (χ4n) is 2.28. The van der Waals surface area contributed by atoms with E-state index in [0.29, 0.717) is 26.2 Å². The van der Waals surface area contributed by atoms with Gasteiger partial charge in [-0.25, -0.2) is 0 Å². The first kappa shape index (κ1) is 16.8. The van der Waals surface area contributed by atoms with Crippen LogP contribution in [0.3, 0.4) is 0 Å². The average Bonchev–Trinajstić information content (AvgIpc) is 2.39. The lowest BCUT2D eigenvalue weighted by Crippen LogP contribution is -2.49. The molecule has 0 spiro atoms. The summed E-state index contributed by atoms with van der Waals surface area (Å²) in [4.78, 5) is 0. The molecule has 1 saturated heterocycles. The zero-order valence-electron chi connectivity index (χ0n) is 12.3. The second-order valence-corrected chi connectivity index (χ2v) is 6.90. The number of hydrogen-bond acceptors (Lipinski definition) is 4. The van der Waals surface area contributed by atoms with Crippen LogP contribution < -0.4 is 5.32 Å². The van der Waals surface area contributed by atoms with E-state index in [4.69, 9.17) is 4.74 Å². The Hall–Kier alpha value is -0.210. The van der Waals surface area contributed by atoms with Gasteiger partial charge < -0.3 is 10.1 Å². The highest BCUT2D eigenvalue weighted by molar-refractivity contribution is 7.86. The number of nitrogens with one attached hydrogen (secondary N) is 1. The predicted octanol–water partition coefficient (Wildman–Crippen LogP) is 0.273. The van der Waals surface area contributed by atoms with Gasteiger partial charge >= 0.3 is 0 Å². The maximum absolute atomic E-state index is 12.4. The van der Waals surface area contributed by atoms with Crippen LogP contribution in [0.2, 0.25) is 0 Å². The maximum Gasteiger partial charge on any atom is 0.281 e. The minimum atomic E-state index is -3.33. The van der Waals surface area contributed by atoms with Gasteiger partial charge in [-0.15, -0.1) is 0 Å². The molecular weight excluding hydrogens is 266 g/mol. The van der Waals surface area contributed by atoms with E-state index in [-0.39, 0.29) is 6.10 Å². The van der Waals surface area contributed by atoms with Crippen LogP contribution >= 0.6 is 0 Å². The van der Waals surface area contributed by atoms with Crippen LogP contribution in [0.5, 0.6) is 0 Å². The third kappa shape index (κ3) is 5.00. The minimum absolute atomic E-state index is 0.0410. The number of nitrogens with zero attached hydrogens (tertiary/aromatic N) is 2. The summed E-state index contributed by atoms with van der Waals surface area (Å²) in [6.45, 7) is 5.02. The fourth-order valence-corrected chi connectivity index (χ4v) is 3.75. The van der Waals surface area contributed by atoms with E-state index in [1.165, 1.54) is 4.31 Å². The quantitative estimate of drug-likeness (QED) is 0.653. The second kappa shape index (κ2) is 8.16. The van der Waals surface area contributed by atoms with Gasteiger partial charge in [-0.3, -0.25) is 0 Å². The van der Waals surface area contributed by atoms with Crippen LogP contribution in [0.4, 0.5) is 0 Å². The van der Waals surface area contributed by atoms with E-state index >= 15 is 0 Å². The van der Waals surface area contributed by atoms with Gasteiger partial charge in [-0.05, 0) is 39.8 Å². The number of rotatable bonds is 8. The van der Waals surface area contributed by atoms with Crippen molar-refractivity contribution in [1.82, 2.24) is 13.9 Å². The van der Waals surface area contributed by atoms with Gasteiger partial charge in [-0.2, -0.15) is 17.0 Å². The minimum Gasteiger partial charge on any atom is -0.377 e. The molecule has 114 valence electrons. The van der Waals surface area contributed by atoms with E-state index in [1.54, 1.807) is 11.4 Å². The predicted molar refractivity (Wildman–Crippen MR) is 76.3 cm³/mol. The van der Waals surface area contributed by atoms with Crippen LogP contribution in [-0.4, -0.2) is 70.0 Å². The molecule has 6 nitrogen and oxygen atoms in total. The van der Waals surface area contributed by atoms with Crippen LogP contribution in [0.25, 0.3) is 0 Å². The Morgan fingerprint density at radius 2 is 2.21 bits per heavy atom. The van der Waals surface area contributed by atoms with Crippen molar-refractivity contribution in [2.45, 2.75) is 32.3 Å². The van der Waals surface area contributed by atoms with Gasteiger partial charge in [0.05, 0.1) is 6.10 Å². The lowest BCUT2D eigenvalue weighted by Gasteiger charge is -2.34. The Bertz CT molecular complexity index is 346. The summed E-state index contributed by atoms with van der Waals surface area (Å²) < 4.78 is 33.4. The highest BCUT2D eigenvalue weighted by atomic mass is 32.2. The van der Waals surface area contributed by atoms with Crippen molar-refractivity contribution in [2.24, 2.45) is 0 Å². The molecule has 1 fully saturated rings. The Morgan fingerprint density at radius 1 is 1.47 bits per heavy atom. The van der Waals surface area contributed by atoms with Gasteiger partial charge in [0.15, 0.2) is 0 Å². The Labute approximate surface area is 117 Å². The van der Waals surface area contributed by atoms with E-state index in [2.05, 4.69) is 5.32 Å². The first-order valence-corrected chi connectivity index (χ1v) is 8.39. The molecule has 1 aliphatic heterocycles. The molecule has 0 aromatic heterocycles. The molecule has 0 aromatic rings. The van der Waals surface area contributed by atoms with Gasteiger partial charge in [0.2, 0.25) is 0 Å². The van der Waals surface area contributed by atoms with Gasteiger partial charge in [0.25, 0.3) is 10.2 Å². The van der Waals surface area contributed by atoms with Gasteiger partial charge in [-0.1, -0.05) is 0 Å². The molecule has 19 heavy (non-hydrogen) atoms. The molecule has 1 unspecified atom stereocenters. The third-order valence-corrected chi connectivity index (χ3v) is 5.32. The molecule has 1 N–H and O–H groups in total. The van der Waals surface area contributed by atoms with Gasteiger partial charge in [0, 0.05) is 33.3 Å². The van der Waals surface area contributed by atoms with Crippen LogP contribution in [0, 0.1) is 0 Å². The average molecular weight is 293 g/mol. The molecule has 0 radical (unpaired) electrons. The number of ether oxygens (including phenoxy) is 1. The van der Waals surface area contributed by atoms with Crippen molar-refractivity contribution >= 4 is 10.2 Å². The summed E-state index contributed by atoms with van der Waals surface area (Å²) in [7, 11) is 0.180. The first-order valence-electron chi connectivity index (χ1n) is 7.00. The van der Waals surface area contributed by atoms with E-state index in [1.807, 2.05) is 14.0 Å². The van der Waals surface area contributed by atoms with Gasteiger partial charge in [0.1, 0.15) is 0 Å². The molecule has 1 atom stereocenters. The van der Waals surface area contributed by atoms with E-state index < -0.39 is 10.2 Å². The smallest absolute Gasteiger partial charge is 0.281 e. The summed E-state index contributed by atoms with van der Waals surface area (Å²) in [5.41, 5.74) is 0. The zero-order valence-corrected chi connectivity index (χ0v) is 13.1. The standard InChI is InChI=1S/C12H27N3O3S/c1-4-18-12-7-5-10-15(11-12)19(16,17)14(3)9-6-8-13-2/h12-13H,4-11H2,1-3H3. The molecular formula is C12H27N3O3S. The summed E-state index contributed by atoms with van der Waals surface area (Å²) in [6.07, 6.45) is 2.67. The summed E-state index contributed by atoms with van der Waals surface area (Å²) in [5, 5.41) is 3.02. The monoisotopic (exact) mass is 293 g/mol. The Morgan fingerprint density at radius 3 is 2.84 bits per heavy atom. The zero-order chi connectivity index (χ0) is 14.3. The van der Waals surface area contributed by atoms with Crippen molar-refractivity contribution < 1.29 is 13.2 Å². The number of piperidine rings is 1. The summed E-state index contributed by atoms with van der Waals surface area (Å²) in [5.74, 6) is 0. The van der Waals surface area contributed by atoms with Crippen molar-refractivity contribution in [3.8, 4) is 0 Å². The number of hydrogen-bond donors (Lipinski definition) is 1. The maximum atomic E-state index is 12.4. The van der Waals surface area contributed by atoms with Crippen LogP contribution in [-0.2, 0) is 14.9 Å². The lowest BCUT2D eigenvalue weighted by atomic mass is 10.1. The highest BCUT2D eigenvalue weighted by Gasteiger charge is 2.31. The molecule has 1 rings (SSSR count). The highest BCUT2D eigenvalue weighted by Crippen LogP contribution is 2.18. The SMILES string of the molecule is CCOC1CCCN(S(=O)(=O)N(C)CCCNC)C1. The molecule has 1 aliphatic rings. The fraction of sp³-hybridized carbons (Fsp3) is 1.00. The van der Waals surface area contributed by atoms with Crippen molar-refractivity contribution in [3.05, 3.63) is 0 Å². The van der Waals surface area contributed by atoms with Crippen LogP contribution in [0.15, 0.2) is 0 Å². The van der Waals surface area contributed by atoms with Crippen molar-refractivity contribution in [1.29, 1.82) is 0 Å². The Kier molecular flexibility index (Phi) is 7.23. The lowest BCUT2D eigenvalue weighted by molar-refractivity contribution is 0.0253. The van der Waals surface area contributed by atoms with E-state index in [9.17, 15) is 8.42 Å². The summed E-state index contributed by atoms with van der Waals surface area (Å²) in [6, 6.07) is 0. The molecule has 0 aromatic carbocycles. The molecule has 1 heterocycles. The summed E-state index contributed by atoms with van der Waals surface area (Å²) >= 11 is 0. The molecule has 7 heteroatoms.